The molecule has 66 valence electrons. The average Bonchev–Trinajstić information content (AvgIpc) is 2.10. The molecule has 1 rings (SSSR count). The van der Waals surface area contributed by atoms with Gasteiger partial charge in [-0.1, -0.05) is 17.7 Å². The Balaban J connectivity index is 2.80. The highest BCUT2D eigenvalue weighted by Gasteiger charge is 2.15. The van der Waals surface area contributed by atoms with E-state index in [4.69, 9.17) is 0 Å². The predicted octanol–water partition coefficient (Wildman–Crippen LogP) is 3.01. The molecule has 0 atom stereocenters. The molecular formula is C11H17S+. The fourth-order valence-electron chi connectivity index (χ4n) is 1.27. The summed E-state index contributed by atoms with van der Waals surface area (Å²) < 4.78 is 0. The van der Waals surface area contributed by atoms with Gasteiger partial charge in [-0.15, -0.1) is 0 Å². The van der Waals surface area contributed by atoms with E-state index >= 15 is 0 Å². The van der Waals surface area contributed by atoms with Crippen LogP contribution in [0.5, 0.6) is 0 Å². The molecule has 0 spiro atoms. The molecule has 0 aliphatic rings. The Kier molecular flexibility index (Phi) is 3.67. The van der Waals surface area contributed by atoms with Crippen LogP contribution in [0.2, 0.25) is 0 Å². The Morgan fingerprint density at radius 2 is 1.50 bits per heavy atom. The lowest BCUT2D eigenvalue weighted by molar-refractivity contribution is 1.32. The van der Waals surface area contributed by atoms with Crippen molar-refractivity contribution in [3.05, 3.63) is 29.8 Å². The summed E-state index contributed by atoms with van der Waals surface area (Å²) in [6.45, 7) is 6.68. The minimum atomic E-state index is 0.490. The van der Waals surface area contributed by atoms with Crippen molar-refractivity contribution in [1.29, 1.82) is 0 Å². The molecule has 0 aliphatic carbocycles. The van der Waals surface area contributed by atoms with Crippen LogP contribution in [0, 0.1) is 6.92 Å². The molecule has 0 saturated carbocycles. The molecule has 1 heteroatoms. The van der Waals surface area contributed by atoms with Crippen molar-refractivity contribution in [1.82, 2.24) is 0 Å². The van der Waals surface area contributed by atoms with Gasteiger partial charge in [0.1, 0.15) is 11.5 Å². The van der Waals surface area contributed by atoms with E-state index in [9.17, 15) is 0 Å². The van der Waals surface area contributed by atoms with E-state index in [1.54, 1.807) is 0 Å². The predicted molar refractivity (Wildman–Crippen MR) is 57.9 cm³/mol. The second-order valence-corrected chi connectivity index (χ2v) is 5.49. The van der Waals surface area contributed by atoms with Crippen LogP contribution >= 0.6 is 0 Å². The van der Waals surface area contributed by atoms with Crippen molar-refractivity contribution in [2.75, 3.05) is 11.5 Å². The Labute approximate surface area is 78.3 Å². The molecule has 1 aromatic carbocycles. The molecule has 0 amide bonds. The van der Waals surface area contributed by atoms with Crippen molar-refractivity contribution < 1.29 is 0 Å². The van der Waals surface area contributed by atoms with E-state index in [2.05, 4.69) is 45.0 Å². The minimum Gasteiger partial charge on any atom is -0.0543 e. The standard InChI is InChI=1S/C11H17S/c1-4-12(5-2)11-8-6-10(3)7-9-11/h6-9H,4-5H2,1-3H3/q+1. The summed E-state index contributed by atoms with van der Waals surface area (Å²) in [5, 5.41) is 0. The largest absolute Gasteiger partial charge is 0.154 e. The maximum Gasteiger partial charge on any atom is 0.154 e. The highest BCUT2D eigenvalue weighted by atomic mass is 32.2. The fourth-order valence-corrected chi connectivity index (χ4v) is 2.86. The number of hydrogen-bond donors (Lipinski definition) is 0. The maximum atomic E-state index is 2.27. The van der Waals surface area contributed by atoms with Gasteiger partial charge in [0.05, 0.1) is 0 Å². The summed E-state index contributed by atoms with van der Waals surface area (Å²) in [6, 6.07) is 8.96. The molecule has 12 heavy (non-hydrogen) atoms. The first-order valence-electron chi connectivity index (χ1n) is 4.52. The molecule has 0 heterocycles. The van der Waals surface area contributed by atoms with Crippen molar-refractivity contribution in [3.8, 4) is 0 Å². The smallest absolute Gasteiger partial charge is 0.0543 e. The Bertz CT molecular complexity index is 221. The quantitative estimate of drug-likeness (QED) is 0.629. The summed E-state index contributed by atoms with van der Waals surface area (Å²) in [5.74, 6) is 2.55. The lowest BCUT2D eigenvalue weighted by Crippen LogP contribution is -2.07. The normalized spacial score (nSPS) is 10.7. The van der Waals surface area contributed by atoms with Crippen molar-refractivity contribution >= 4 is 10.9 Å². The molecule has 0 nitrogen and oxygen atoms in total. The first-order valence-corrected chi connectivity index (χ1v) is 6.08. The Morgan fingerprint density at radius 1 is 1.00 bits per heavy atom. The molecule has 0 N–H and O–H groups in total. The number of aryl methyl sites for hydroxylation is 1. The van der Waals surface area contributed by atoms with Crippen molar-refractivity contribution in [3.63, 3.8) is 0 Å². The van der Waals surface area contributed by atoms with Crippen LogP contribution in [0.3, 0.4) is 0 Å². The lowest BCUT2D eigenvalue weighted by Gasteiger charge is -2.02. The molecule has 0 saturated heterocycles. The minimum absolute atomic E-state index is 0.490. The molecular weight excluding hydrogens is 164 g/mol. The third-order valence-electron chi connectivity index (χ3n) is 2.05. The molecule has 0 radical (unpaired) electrons. The monoisotopic (exact) mass is 181 g/mol. The van der Waals surface area contributed by atoms with E-state index in [0.717, 1.165) is 0 Å². The summed E-state index contributed by atoms with van der Waals surface area (Å²) in [6.07, 6.45) is 0. The van der Waals surface area contributed by atoms with E-state index in [0.29, 0.717) is 10.9 Å². The SMILES string of the molecule is CC[S+](CC)c1ccc(C)cc1. The van der Waals surface area contributed by atoms with Gasteiger partial charge in [-0.05, 0) is 32.9 Å². The zero-order chi connectivity index (χ0) is 8.97. The molecule has 0 aromatic heterocycles. The van der Waals surface area contributed by atoms with Gasteiger partial charge in [0.15, 0.2) is 4.90 Å². The summed E-state index contributed by atoms with van der Waals surface area (Å²) in [4.78, 5) is 1.52. The Morgan fingerprint density at radius 3 is 1.92 bits per heavy atom. The third-order valence-corrected chi connectivity index (χ3v) is 4.38. The van der Waals surface area contributed by atoms with E-state index < -0.39 is 0 Å². The lowest BCUT2D eigenvalue weighted by atomic mass is 10.2. The molecule has 0 aliphatic heterocycles. The molecule has 1 aromatic rings. The number of benzene rings is 1. The summed E-state index contributed by atoms with van der Waals surface area (Å²) in [7, 11) is 0.490. The topological polar surface area (TPSA) is 0 Å². The second-order valence-electron chi connectivity index (χ2n) is 2.88. The van der Waals surface area contributed by atoms with Crippen LogP contribution in [-0.2, 0) is 10.9 Å². The number of rotatable bonds is 3. The summed E-state index contributed by atoms with van der Waals surface area (Å²) in [5.41, 5.74) is 1.36. The van der Waals surface area contributed by atoms with Crippen LogP contribution in [0.4, 0.5) is 0 Å². The average molecular weight is 181 g/mol. The first-order chi connectivity index (χ1) is 5.77. The van der Waals surface area contributed by atoms with E-state index in [1.165, 1.54) is 22.0 Å². The van der Waals surface area contributed by atoms with Crippen LogP contribution in [0.15, 0.2) is 29.2 Å². The van der Waals surface area contributed by atoms with Gasteiger partial charge in [0.25, 0.3) is 0 Å². The van der Waals surface area contributed by atoms with Gasteiger partial charge in [-0.2, -0.15) is 0 Å². The van der Waals surface area contributed by atoms with Crippen molar-refractivity contribution in [2.24, 2.45) is 0 Å². The maximum absolute atomic E-state index is 2.27. The van der Waals surface area contributed by atoms with Gasteiger partial charge >= 0.3 is 0 Å². The van der Waals surface area contributed by atoms with E-state index in [-0.39, 0.29) is 0 Å². The van der Waals surface area contributed by atoms with Gasteiger partial charge < -0.3 is 0 Å². The zero-order valence-electron chi connectivity index (χ0n) is 8.13. The first kappa shape index (κ1) is 9.66. The van der Waals surface area contributed by atoms with Crippen LogP contribution in [0.25, 0.3) is 0 Å². The van der Waals surface area contributed by atoms with E-state index in [1.807, 2.05) is 0 Å². The highest BCUT2D eigenvalue weighted by Crippen LogP contribution is 2.14. The van der Waals surface area contributed by atoms with Crippen LogP contribution in [-0.4, -0.2) is 11.5 Å². The molecule has 0 bridgehead atoms. The fraction of sp³-hybridized carbons (Fsp3) is 0.455. The van der Waals surface area contributed by atoms with Gasteiger partial charge in [-0.3, -0.25) is 0 Å². The van der Waals surface area contributed by atoms with Crippen molar-refractivity contribution in [2.45, 2.75) is 25.7 Å². The Hall–Kier alpha value is -0.430. The molecule has 0 fully saturated rings. The van der Waals surface area contributed by atoms with Gasteiger partial charge in [0, 0.05) is 10.9 Å². The van der Waals surface area contributed by atoms with Gasteiger partial charge in [0.2, 0.25) is 0 Å². The zero-order valence-corrected chi connectivity index (χ0v) is 8.95. The number of hydrogen-bond acceptors (Lipinski definition) is 0. The van der Waals surface area contributed by atoms with Gasteiger partial charge in [-0.25, -0.2) is 0 Å². The summed E-state index contributed by atoms with van der Waals surface area (Å²) >= 11 is 0. The molecule has 0 unspecified atom stereocenters. The third kappa shape index (κ3) is 2.28. The van der Waals surface area contributed by atoms with Crippen LogP contribution < -0.4 is 0 Å². The van der Waals surface area contributed by atoms with Crippen LogP contribution in [0.1, 0.15) is 19.4 Å². The highest BCUT2D eigenvalue weighted by molar-refractivity contribution is 7.96. The second kappa shape index (κ2) is 4.56.